The molecule has 0 saturated carbocycles. The van der Waals surface area contributed by atoms with E-state index in [2.05, 4.69) is 0 Å². The van der Waals surface area contributed by atoms with E-state index in [1.54, 1.807) is 37.9 Å². The number of rotatable bonds is 40. The summed E-state index contributed by atoms with van der Waals surface area (Å²) in [7, 11) is -66.4. The maximum atomic E-state index is 13.2. The third-order valence-electron chi connectivity index (χ3n) is 7.87. The van der Waals surface area contributed by atoms with Crippen molar-refractivity contribution < 1.29 is 147 Å². The molecule has 9 unspecified atom stereocenters. The summed E-state index contributed by atoms with van der Waals surface area (Å²) in [5.74, 6) is -1.37. The minimum absolute atomic E-state index is 0.404. The van der Waals surface area contributed by atoms with E-state index >= 15 is 0 Å². The lowest BCUT2D eigenvalue weighted by atomic mass is 10.5. The summed E-state index contributed by atoms with van der Waals surface area (Å²) in [6.07, 6.45) is -2.12. The summed E-state index contributed by atoms with van der Waals surface area (Å²) in [6, 6.07) is -5.57. The molecule has 0 fully saturated rings. The van der Waals surface area contributed by atoms with E-state index < -0.39 is 191 Å². The zero-order valence-corrected chi connectivity index (χ0v) is 53.6. The fourth-order valence-corrected chi connectivity index (χ4v) is 48.7. The Morgan fingerprint density at radius 1 is 0.406 bits per heavy atom. The lowest BCUT2D eigenvalue weighted by molar-refractivity contribution is 0.0870. The van der Waals surface area contributed by atoms with Crippen LogP contribution in [0.5, 0.6) is 0 Å². The normalized spacial score (nSPS) is 19.2. The molecule has 0 aliphatic heterocycles. The van der Waals surface area contributed by atoms with Crippen LogP contribution in [0.3, 0.4) is 0 Å². The van der Waals surface area contributed by atoms with Crippen LogP contribution in [0, 0.1) is 0 Å². The molecule has 9 atom stereocenters. The zero-order chi connectivity index (χ0) is 54.3. The van der Waals surface area contributed by atoms with Crippen LogP contribution in [0.1, 0.15) is 47.0 Å². The monoisotopic (exact) mass is 1330 g/mol. The predicted octanol–water partition coefficient (Wildman–Crippen LogP) is 0.487. The molecule has 0 aromatic rings. The lowest BCUT2D eigenvalue weighted by Crippen LogP contribution is -2.71. The number of phosphoric acid groups is 5. The summed E-state index contributed by atoms with van der Waals surface area (Å²) in [5, 5.41) is 0. The van der Waals surface area contributed by atoms with Gasteiger partial charge in [0.05, 0.1) is 5.75 Å². The third-order valence-corrected chi connectivity index (χ3v) is 46.0. The van der Waals surface area contributed by atoms with E-state index in [1.807, 2.05) is 0 Å². The highest BCUT2D eigenvalue weighted by molar-refractivity contribution is 7.85. The highest BCUT2D eigenvalue weighted by Gasteiger charge is 2.69. The van der Waals surface area contributed by atoms with Crippen LogP contribution in [0.25, 0.3) is 0 Å². The van der Waals surface area contributed by atoms with Gasteiger partial charge < -0.3 is 102 Å². The van der Waals surface area contributed by atoms with Crippen LogP contribution in [0.4, 0.5) is 0 Å². The van der Waals surface area contributed by atoms with Gasteiger partial charge in [-0.15, -0.1) is 0 Å². The summed E-state index contributed by atoms with van der Waals surface area (Å²) < 4.78 is 181. The molecule has 0 heterocycles. The summed E-state index contributed by atoms with van der Waals surface area (Å²) >= 11 is 0. The first-order valence-electron chi connectivity index (χ1n) is 19.0. The second-order valence-corrected chi connectivity index (χ2v) is 46.1. The SMILES string of the molecule is CC[Si](OP)(O[Si](CCCN)(O[Si](CC)(OP)O[Si](CC)(OP)OP(=O)(O)O)O[Si](CCCN)(O[Si](CCCS(=O)(=O)O)(OP(=O)(O)O)OP(=O)(O)O)OP(=O)(O)O)O[Si](CC)(OP)OP(=O)(O)O. The Morgan fingerprint density at radius 2 is 0.638 bits per heavy atom. The Hall–Kier alpha value is 3.22. The van der Waals surface area contributed by atoms with Crippen LogP contribution in [-0.4, -0.2) is 142 Å². The van der Waals surface area contributed by atoms with E-state index in [1.165, 1.54) is 27.7 Å². The highest BCUT2D eigenvalue weighted by Crippen LogP contribution is 2.54. The first kappa shape index (κ1) is 72.2. The van der Waals surface area contributed by atoms with Crippen molar-refractivity contribution in [1.29, 1.82) is 0 Å². The number of nitrogens with two attached hydrogens (primary N) is 2. The average molecular weight is 1330 g/mol. The first-order valence-corrected chi connectivity index (χ1v) is 43.6. The van der Waals surface area contributed by atoms with Crippen LogP contribution in [0.15, 0.2) is 0 Å². The molecule has 52 heteroatoms. The molecule has 0 radical (unpaired) electrons. The van der Waals surface area contributed by atoms with E-state index in [0.29, 0.717) is 0 Å². The van der Waals surface area contributed by atoms with E-state index in [0.717, 1.165) is 0 Å². The Balaban J connectivity index is 9.47. The molecule has 69 heavy (non-hydrogen) atoms. The van der Waals surface area contributed by atoms with Crippen molar-refractivity contribution in [1.82, 2.24) is 0 Å². The van der Waals surface area contributed by atoms with Crippen molar-refractivity contribution in [2.75, 3.05) is 18.8 Å². The Morgan fingerprint density at radius 3 is 0.899 bits per heavy atom. The van der Waals surface area contributed by atoms with Crippen molar-refractivity contribution in [3.05, 3.63) is 0 Å². The molecular weight excluding hydrogens is 1270 g/mol. The van der Waals surface area contributed by atoms with Crippen molar-refractivity contribution >= 4 is 149 Å². The first-order chi connectivity index (χ1) is 31.1. The quantitative estimate of drug-likeness (QED) is 0.0225. The van der Waals surface area contributed by atoms with Gasteiger partial charge in [-0.3, -0.25) is 25.6 Å². The second kappa shape index (κ2) is 29.4. The van der Waals surface area contributed by atoms with E-state index in [-0.39, 0.29) is 0 Å². The van der Waals surface area contributed by atoms with Gasteiger partial charge in [-0.1, -0.05) is 27.7 Å². The average Bonchev–Trinajstić information content (AvgIpc) is 3.17. The molecule has 0 aliphatic carbocycles. The minimum atomic E-state index is -6.33. The van der Waals surface area contributed by atoms with Gasteiger partial charge in [0.25, 0.3) is 10.1 Å². The van der Waals surface area contributed by atoms with Crippen LogP contribution < -0.4 is 11.5 Å². The van der Waals surface area contributed by atoms with Gasteiger partial charge in [-0.05, 0) is 70.2 Å². The number of hydrogen-bond acceptors (Lipinski definition) is 24. The van der Waals surface area contributed by atoms with Gasteiger partial charge in [0.1, 0.15) is 0 Å². The second-order valence-electron chi connectivity index (χ2n) is 13.4. The maximum Gasteiger partial charge on any atom is 0.510 e. The molecule has 416 valence electrons. The highest BCUT2D eigenvalue weighted by atomic mass is 32.2. The summed E-state index contributed by atoms with van der Waals surface area (Å²) in [4.78, 5) is 101. The fraction of sp³-hybridized carbons (Fsp3) is 1.00. The third kappa shape index (κ3) is 27.6. The van der Waals surface area contributed by atoms with Crippen LogP contribution in [0.2, 0.25) is 42.3 Å². The van der Waals surface area contributed by atoms with Gasteiger partial charge >= 0.3 is 101 Å². The molecule has 0 bridgehead atoms. The van der Waals surface area contributed by atoms with Crippen molar-refractivity contribution in [2.45, 2.75) is 89.3 Å². The maximum absolute atomic E-state index is 13.2. The van der Waals surface area contributed by atoms with E-state index in [4.69, 9.17) is 74.1 Å². The van der Waals surface area contributed by atoms with Crippen molar-refractivity contribution in [3.8, 4) is 0 Å². The molecular formula is C17H61N2O33P9SSi7. The topological polar surface area (TPSA) is 533 Å². The lowest BCUT2D eigenvalue weighted by Gasteiger charge is -2.47. The zero-order valence-electron chi connectivity index (χ0n) is 36.7. The Labute approximate surface area is 413 Å². The molecule has 0 amide bonds. The summed E-state index contributed by atoms with van der Waals surface area (Å²) in [6.45, 7) is 4.19. The molecule has 0 spiro atoms. The molecule has 0 aliphatic rings. The molecule has 15 N–H and O–H groups in total. The molecule has 0 saturated heterocycles. The van der Waals surface area contributed by atoms with Gasteiger partial charge in [0, 0.05) is 42.3 Å². The summed E-state index contributed by atoms with van der Waals surface area (Å²) in [5.41, 5.74) is 11.7. The molecule has 35 nitrogen and oxygen atoms in total. The largest absolute Gasteiger partial charge is 0.510 e. The van der Waals surface area contributed by atoms with Crippen LogP contribution in [-0.2, 0) is 95.6 Å². The smallest absolute Gasteiger partial charge is 0.373 e. The molecule has 0 aromatic heterocycles. The fourth-order valence-electron chi connectivity index (χ4n) is 5.22. The predicted molar refractivity (Wildman–Crippen MR) is 260 cm³/mol. The van der Waals surface area contributed by atoms with Crippen molar-refractivity contribution in [2.24, 2.45) is 11.5 Å². The van der Waals surface area contributed by atoms with Crippen molar-refractivity contribution in [3.63, 3.8) is 0 Å². The van der Waals surface area contributed by atoms with Gasteiger partial charge in [0.15, 0.2) is 0 Å². The van der Waals surface area contributed by atoms with Gasteiger partial charge in [-0.25, -0.2) is 22.8 Å². The molecule has 0 aromatic carbocycles. The Bertz CT molecular complexity index is 1850. The van der Waals surface area contributed by atoms with Crippen LogP contribution >= 0.6 is 77.0 Å². The van der Waals surface area contributed by atoms with Gasteiger partial charge in [-0.2, -0.15) is 8.42 Å². The molecule has 0 rings (SSSR count). The Kier molecular flexibility index (Phi) is 30.8. The number of hydrogen-bond donors (Lipinski definition) is 13. The minimum Gasteiger partial charge on any atom is -0.373 e. The standard InChI is InChI=1S/C17H61N2O33P9SSi7/c1-5-63(38-53,42-57(20,21)22)47-65(7-3,40-55)49-69(16-10-13-19,50-66(8-4,41-56)48-64(6-2,39-54)43-58(23,24)25)52-68(15-9-12-18,46-61(32,33)34)51-67(44-59(26,27)28,45-60(29,30)31)17-11-14-62(35,36)37/h5-19,53-56H2,1-4H3,(H2,20,21,22)(H2,23,24,25)(H2,26,27,28)(H2,29,30,31)(H2,32,33,34)(H,35,36,37). The van der Waals surface area contributed by atoms with E-state index in [9.17, 15) is 84.7 Å². The van der Waals surface area contributed by atoms with Gasteiger partial charge in [0.2, 0.25) is 0 Å².